The van der Waals surface area contributed by atoms with Gasteiger partial charge in [-0.15, -0.1) is 18.2 Å². The molecule has 1 aromatic carbocycles. The van der Waals surface area contributed by atoms with Crippen molar-refractivity contribution in [3.8, 4) is 12.3 Å². The van der Waals surface area contributed by atoms with E-state index in [-0.39, 0.29) is 5.56 Å². The van der Waals surface area contributed by atoms with Crippen molar-refractivity contribution in [3.05, 3.63) is 28.2 Å². The van der Waals surface area contributed by atoms with Crippen LogP contribution in [0.1, 0.15) is 10.4 Å². The Morgan fingerprint density at radius 3 is 2.93 bits per heavy atom. The molecule has 0 bridgehead atoms. The molecule has 72 valence electrons. The molecular formula is C10H7BrO2S. The van der Waals surface area contributed by atoms with Gasteiger partial charge in [0.05, 0.1) is 11.3 Å². The monoisotopic (exact) mass is 270 g/mol. The summed E-state index contributed by atoms with van der Waals surface area (Å²) in [6, 6.07) is 5.15. The summed E-state index contributed by atoms with van der Waals surface area (Å²) in [5.74, 6) is 2.08. The van der Waals surface area contributed by atoms with Gasteiger partial charge in [0.15, 0.2) is 0 Å². The van der Waals surface area contributed by atoms with Crippen LogP contribution in [0.5, 0.6) is 0 Å². The van der Waals surface area contributed by atoms with Gasteiger partial charge in [-0.05, 0) is 34.1 Å². The van der Waals surface area contributed by atoms with Crippen molar-refractivity contribution in [2.24, 2.45) is 0 Å². The predicted octanol–water partition coefficient (Wildman–Crippen LogP) is 2.87. The van der Waals surface area contributed by atoms with Crippen LogP contribution in [-0.2, 0) is 0 Å². The molecule has 0 fully saturated rings. The molecule has 0 amide bonds. The summed E-state index contributed by atoms with van der Waals surface area (Å²) in [6.07, 6.45) is 5.11. The van der Waals surface area contributed by atoms with Crippen LogP contribution in [0, 0.1) is 12.3 Å². The Balaban J connectivity index is 2.96. The summed E-state index contributed by atoms with van der Waals surface area (Å²) in [5.41, 5.74) is 0.257. The highest BCUT2D eigenvalue weighted by Crippen LogP contribution is 2.24. The standard InChI is InChI=1S/C10H7BrO2S/c1-2-5-14-7-3-4-9(11)8(6-7)10(12)13/h1,3-4,6H,5H2,(H,12,13). The molecule has 0 aliphatic carbocycles. The highest BCUT2D eigenvalue weighted by Gasteiger charge is 2.08. The first-order valence-corrected chi connectivity index (χ1v) is 5.52. The summed E-state index contributed by atoms with van der Waals surface area (Å²) in [6.45, 7) is 0. The lowest BCUT2D eigenvalue weighted by Gasteiger charge is -2.02. The maximum absolute atomic E-state index is 10.8. The maximum Gasteiger partial charge on any atom is 0.336 e. The number of thioether (sulfide) groups is 1. The van der Waals surface area contributed by atoms with Crippen LogP contribution in [0.3, 0.4) is 0 Å². The Kier molecular flexibility index (Phi) is 4.05. The van der Waals surface area contributed by atoms with Gasteiger partial charge in [-0.1, -0.05) is 5.92 Å². The van der Waals surface area contributed by atoms with Gasteiger partial charge in [-0.25, -0.2) is 4.79 Å². The smallest absolute Gasteiger partial charge is 0.336 e. The third-order valence-corrected chi connectivity index (χ3v) is 3.08. The van der Waals surface area contributed by atoms with E-state index in [4.69, 9.17) is 11.5 Å². The number of benzene rings is 1. The van der Waals surface area contributed by atoms with E-state index in [1.54, 1.807) is 12.1 Å². The fraction of sp³-hybridized carbons (Fsp3) is 0.100. The first-order valence-electron chi connectivity index (χ1n) is 3.74. The molecule has 0 saturated heterocycles. The zero-order valence-electron chi connectivity index (χ0n) is 7.16. The van der Waals surface area contributed by atoms with Gasteiger partial charge < -0.3 is 5.11 Å². The van der Waals surface area contributed by atoms with Crippen molar-refractivity contribution in [1.82, 2.24) is 0 Å². The van der Waals surface area contributed by atoms with Crippen molar-refractivity contribution in [3.63, 3.8) is 0 Å². The van der Waals surface area contributed by atoms with Crippen molar-refractivity contribution in [1.29, 1.82) is 0 Å². The van der Waals surface area contributed by atoms with E-state index in [0.29, 0.717) is 10.2 Å². The van der Waals surface area contributed by atoms with Gasteiger partial charge in [0.2, 0.25) is 0 Å². The molecule has 0 aromatic heterocycles. The lowest BCUT2D eigenvalue weighted by molar-refractivity contribution is 0.0695. The van der Waals surface area contributed by atoms with Crippen LogP contribution in [0.2, 0.25) is 0 Å². The van der Waals surface area contributed by atoms with Crippen LogP contribution in [0.4, 0.5) is 0 Å². The highest BCUT2D eigenvalue weighted by molar-refractivity contribution is 9.10. The minimum absolute atomic E-state index is 0.257. The number of terminal acetylenes is 1. The molecule has 1 rings (SSSR count). The zero-order chi connectivity index (χ0) is 10.6. The number of hydrogen-bond acceptors (Lipinski definition) is 2. The number of carbonyl (C=O) groups is 1. The summed E-state index contributed by atoms with van der Waals surface area (Å²) >= 11 is 4.61. The first kappa shape index (κ1) is 11.2. The molecule has 4 heteroatoms. The van der Waals surface area contributed by atoms with Crippen molar-refractivity contribution >= 4 is 33.7 Å². The van der Waals surface area contributed by atoms with E-state index in [2.05, 4.69) is 21.9 Å². The van der Waals surface area contributed by atoms with Gasteiger partial charge in [-0.3, -0.25) is 0 Å². The van der Waals surface area contributed by atoms with Crippen LogP contribution in [0.15, 0.2) is 27.6 Å². The molecular weight excluding hydrogens is 264 g/mol. The molecule has 0 saturated carbocycles. The zero-order valence-corrected chi connectivity index (χ0v) is 9.56. The molecule has 0 aliphatic rings. The second kappa shape index (κ2) is 5.08. The third-order valence-electron chi connectivity index (χ3n) is 1.49. The Morgan fingerprint density at radius 1 is 1.64 bits per heavy atom. The molecule has 1 aromatic rings. The van der Waals surface area contributed by atoms with E-state index in [9.17, 15) is 4.79 Å². The van der Waals surface area contributed by atoms with Gasteiger partial charge in [-0.2, -0.15) is 0 Å². The second-order valence-corrected chi connectivity index (χ2v) is 4.34. The lowest BCUT2D eigenvalue weighted by Crippen LogP contribution is -1.97. The molecule has 14 heavy (non-hydrogen) atoms. The van der Waals surface area contributed by atoms with E-state index >= 15 is 0 Å². The average Bonchev–Trinajstić information content (AvgIpc) is 2.16. The maximum atomic E-state index is 10.8. The minimum Gasteiger partial charge on any atom is -0.478 e. The summed E-state index contributed by atoms with van der Waals surface area (Å²) in [4.78, 5) is 11.6. The van der Waals surface area contributed by atoms with Crippen LogP contribution >= 0.6 is 27.7 Å². The van der Waals surface area contributed by atoms with Crippen LogP contribution in [0.25, 0.3) is 0 Å². The number of carboxylic acids is 1. The number of rotatable bonds is 3. The van der Waals surface area contributed by atoms with E-state index in [1.807, 2.05) is 6.07 Å². The summed E-state index contributed by atoms with van der Waals surface area (Å²) < 4.78 is 0.579. The second-order valence-electron chi connectivity index (χ2n) is 2.44. The fourth-order valence-corrected chi connectivity index (χ4v) is 1.91. The molecule has 2 nitrogen and oxygen atoms in total. The van der Waals surface area contributed by atoms with Crippen molar-refractivity contribution in [2.75, 3.05) is 5.75 Å². The normalized spacial score (nSPS) is 9.43. The summed E-state index contributed by atoms with van der Waals surface area (Å²) in [5, 5.41) is 8.84. The number of hydrogen-bond donors (Lipinski definition) is 1. The van der Waals surface area contributed by atoms with Gasteiger partial charge in [0, 0.05) is 9.37 Å². The van der Waals surface area contributed by atoms with E-state index < -0.39 is 5.97 Å². The van der Waals surface area contributed by atoms with E-state index in [0.717, 1.165) is 4.90 Å². The molecule has 0 radical (unpaired) electrons. The Morgan fingerprint density at radius 2 is 2.36 bits per heavy atom. The number of carboxylic acid groups (broad SMARTS) is 1. The quantitative estimate of drug-likeness (QED) is 0.678. The Hall–Kier alpha value is -0.920. The molecule has 0 unspecified atom stereocenters. The van der Waals surface area contributed by atoms with Crippen LogP contribution in [-0.4, -0.2) is 16.8 Å². The molecule has 0 atom stereocenters. The number of halogens is 1. The van der Waals surface area contributed by atoms with Gasteiger partial charge in [0.25, 0.3) is 0 Å². The van der Waals surface area contributed by atoms with Crippen LogP contribution < -0.4 is 0 Å². The topological polar surface area (TPSA) is 37.3 Å². The molecule has 1 N–H and O–H groups in total. The largest absolute Gasteiger partial charge is 0.478 e. The summed E-state index contributed by atoms with van der Waals surface area (Å²) in [7, 11) is 0. The van der Waals surface area contributed by atoms with Crippen molar-refractivity contribution < 1.29 is 9.90 Å². The van der Waals surface area contributed by atoms with E-state index in [1.165, 1.54) is 11.8 Å². The van der Waals surface area contributed by atoms with Gasteiger partial charge >= 0.3 is 5.97 Å². The number of aromatic carboxylic acids is 1. The third kappa shape index (κ3) is 2.79. The SMILES string of the molecule is C#CCSc1ccc(Br)c(C(=O)O)c1. The van der Waals surface area contributed by atoms with Gasteiger partial charge in [0.1, 0.15) is 0 Å². The minimum atomic E-state index is -0.944. The Bertz CT molecular complexity index is 396. The molecule has 0 spiro atoms. The molecule has 0 aliphatic heterocycles. The molecule has 0 heterocycles. The first-order chi connectivity index (χ1) is 6.65. The Labute approximate surface area is 94.8 Å². The predicted molar refractivity (Wildman–Crippen MR) is 60.7 cm³/mol. The highest BCUT2D eigenvalue weighted by atomic mass is 79.9. The average molecular weight is 271 g/mol. The fourth-order valence-electron chi connectivity index (χ4n) is 0.883. The lowest BCUT2D eigenvalue weighted by atomic mass is 10.2. The van der Waals surface area contributed by atoms with Crippen molar-refractivity contribution in [2.45, 2.75) is 4.90 Å².